The van der Waals surface area contributed by atoms with E-state index in [1.807, 2.05) is 0 Å². The zero-order valence-corrected chi connectivity index (χ0v) is 9.67. The molecule has 2 aliphatic rings. The van der Waals surface area contributed by atoms with E-state index < -0.39 is 0 Å². The molecular weight excluding hydrogens is 206 g/mol. The van der Waals surface area contributed by atoms with Crippen molar-refractivity contribution in [2.24, 2.45) is 11.8 Å². The first-order chi connectivity index (χ1) is 6.95. The lowest BCUT2D eigenvalue weighted by atomic mass is 9.60. The van der Waals surface area contributed by atoms with Crippen LogP contribution >= 0.6 is 12.4 Å². The van der Waals surface area contributed by atoms with Crippen molar-refractivity contribution in [3.63, 3.8) is 0 Å². The van der Waals surface area contributed by atoms with Crippen LogP contribution in [-0.2, 0) is 0 Å². The summed E-state index contributed by atoms with van der Waals surface area (Å²) in [6, 6.07) is 11.0. The Hall–Kier alpha value is -0.530. The summed E-state index contributed by atoms with van der Waals surface area (Å²) in [6.07, 6.45) is 2.82. The predicted molar refractivity (Wildman–Crippen MR) is 65.5 cm³/mol. The lowest BCUT2D eigenvalue weighted by Gasteiger charge is -2.48. The Morgan fingerprint density at radius 1 is 1.13 bits per heavy atom. The minimum Gasteiger partial charge on any atom is -0.316 e. The molecule has 82 valence electrons. The highest BCUT2D eigenvalue weighted by atomic mass is 35.5. The Labute approximate surface area is 97.7 Å². The average Bonchev–Trinajstić information content (AvgIpc) is 2.22. The van der Waals surface area contributed by atoms with Crippen LogP contribution in [0, 0.1) is 11.8 Å². The summed E-state index contributed by atoms with van der Waals surface area (Å²) in [5.41, 5.74) is 1.55. The summed E-state index contributed by atoms with van der Waals surface area (Å²) in [4.78, 5) is 0. The Balaban J connectivity index is 0.000000853. The Morgan fingerprint density at radius 3 is 2.67 bits per heavy atom. The smallest absolute Gasteiger partial charge is 0.00120 e. The summed E-state index contributed by atoms with van der Waals surface area (Å²) in [5.74, 6) is 2.78. The maximum Gasteiger partial charge on any atom is -0.00120 e. The summed E-state index contributed by atoms with van der Waals surface area (Å²) in [7, 11) is 0. The van der Waals surface area contributed by atoms with Crippen LogP contribution < -0.4 is 5.32 Å². The standard InChI is InChI=1S/C13H17N.ClH/c1-2-4-10(5-3-1)12-8-11-6-7-14-9-13(11)12;/h1-5,11-14H,6-9H2;1H/t11-,12-,13+;/m1./s1. The third-order valence-electron chi connectivity index (χ3n) is 3.98. The van der Waals surface area contributed by atoms with Crippen LogP contribution in [0.3, 0.4) is 0 Å². The van der Waals surface area contributed by atoms with Gasteiger partial charge in [0.25, 0.3) is 0 Å². The van der Waals surface area contributed by atoms with Gasteiger partial charge in [-0.2, -0.15) is 0 Å². The van der Waals surface area contributed by atoms with Crippen molar-refractivity contribution in [2.45, 2.75) is 18.8 Å². The largest absolute Gasteiger partial charge is 0.316 e. The van der Waals surface area contributed by atoms with Crippen molar-refractivity contribution in [3.8, 4) is 0 Å². The van der Waals surface area contributed by atoms with Crippen LogP contribution in [0.4, 0.5) is 0 Å². The van der Waals surface area contributed by atoms with E-state index in [-0.39, 0.29) is 12.4 Å². The number of hydrogen-bond acceptors (Lipinski definition) is 1. The molecule has 3 rings (SSSR count). The molecule has 1 aliphatic carbocycles. The molecule has 1 N–H and O–H groups in total. The number of rotatable bonds is 1. The van der Waals surface area contributed by atoms with Gasteiger partial charge in [-0.1, -0.05) is 30.3 Å². The fraction of sp³-hybridized carbons (Fsp3) is 0.538. The topological polar surface area (TPSA) is 12.0 Å². The second kappa shape index (κ2) is 4.54. The fourth-order valence-electron chi connectivity index (χ4n) is 3.09. The number of hydrogen-bond donors (Lipinski definition) is 1. The van der Waals surface area contributed by atoms with E-state index in [1.165, 1.54) is 25.9 Å². The van der Waals surface area contributed by atoms with E-state index in [0.717, 1.165) is 17.8 Å². The molecular formula is C13H18ClN. The van der Waals surface area contributed by atoms with Crippen molar-refractivity contribution in [2.75, 3.05) is 13.1 Å². The summed E-state index contributed by atoms with van der Waals surface area (Å²) >= 11 is 0. The van der Waals surface area contributed by atoms with Crippen molar-refractivity contribution in [3.05, 3.63) is 35.9 Å². The molecule has 0 bridgehead atoms. The number of halogens is 1. The molecule has 0 amide bonds. The third-order valence-corrected chi connectivity index (χ3v) is 3.98. The number of benzene rings is 1. The lowest BCUT2D eigenvalue weighted by Crippen LogP contribution is -2.47. The van der Waals surface area contributed by atoms with Gasteiger partial charge < -0.3 is 5.32 Å². The zero-order valence-electron chi connectivity index (χ0n) is 8.86. The van der Waals surface area contributed by atoms with E-state index in [1.54, 1.807) is 5.56 Å². The van der Waals surface area contributed by atoms with Crippen LogP contribution in [0.1, 0.15) is 24.3 Å². The quantitative estimate of drug-likeness (QED) is 0.772. The Bertz CT molecular complexity index is 312. The van der Waals surface area contributed by atoms with Gasteiger partial charge in [-0.15, -0.1) is 12.4 Å². The maximum absolute atomic E-state index is 3.52. The van der Waals surface area contributed by atoms with E-state index >= 15 is 0 Å². The van der Waals surface area contributed by atoms with Crippen molar-refractivity contribution < 1.29 is 0 Å². The highest BCUT2D eigenvalue weighted by molar-refractivity contribution is 5.85. The Morgan fingerprint density at radius 2 is 1.93 bits per heavy atom. The maximum atomic E-state index is 3.52. The molecule has 1 saturated heterocycles. The van der Waals surface area contributed by atoms with Gasteiger partial charge in [0.2, 0.25) is 0 Å². The second-order valence-corrected chi connectivity index (χ2v) is 4.67. The van der Waals surface area contributed by atoms with Gasteiger partial charge in [-0.3, -0.25) is 0 Å². The van der Waals surface area contributed by atoms with Crippen LogP contribution in [0.2, 0.25) is 0 Å². The fourth-order valence-corrected chi connectivity index (χ4v) is 3.09. The number of nitrogens with one attached hydrogen (secondary N) is 1. The lowest BCUT2D eigenvalue weighted by molar-refractivity contribution is 0.0934. The second-order valence-electron chi connectivity index (χ2n) is 4.67. The first-order valence-corrected chi connectivity index (χ1v) is 5.71. The molecule has 2 heteroatoms. The highest BCUT2D eigenvalue weighted by Crippen LogP contribution is 2.49. The minimum absolute atomic E-state index is 0. The van der Waals surface area contributed by atoms with Crippen LogP contribution in [0.25, 0.3) is 0 Å². The molecule has 1 aromatic carbocycles. The molecule has 2 fully saturated rings. The monoisotopic (exact) mass is 223 g/mol. The van der Waals surface area contributed by atoms with E-state index in [9.17, 15) is 0 Å². The number of piperidine rings is 1. The van der Waals surface area contributed by atoms with Gasteiger partial charge in [0.05, 0.1) is 0 Å². The third kappa shape index (κ3) is 1.91. The van der Waals surface area contributed by atoms with Gasteiger partial charge in [0.15, 0.2) is 0 Å². The average molecular weight is 224 g/mol. The molecule has 0 radical (unpaired) electrons. The van der Waals surface area contributed by atoms with Crippen molar-refractivity contribution in [1.29, 1.82) is 0 Å². The van der Waals surface area contributed by atoms with Gasteiger partial charge in [-0.05, 0) is 49.2 Å². The molecule has 0 spiro atoms. The minimum atomic E-state index is 0. The zero-order chi connectivity index (χ0) is 9.38. The number of fused-ring (bicyclic) bond motifs is 1. The highest BCUT2D eigenvalue weighted by Gasteiger charge is 2.42. The molecule has 1 aromatic rings. The Kier molecular flexibility index (Phi) is 3.32. The van der Waals surface area contributed by atoms with E-state index in [4.69, 9.17) is 0 Å². The molecule has 1 heterocycles. The molecule has 1 nitrogen and oxygen atoms in total. The van der Waals surface area contributed by atoms with Gasteiger partial charge >= 0.3 is 0 Å². The van der Waals surface area contributed by atoms with Crippen LogP contribution in [-0.4, -0.2) is 13.1 Å². The van der Waals surface area contributed by atoms with E-state index in [2.05, 4.69) is 35.6 Å². The molecule has 15 heavy (non-hydrogen) atoms. The summed E-state index contributed by atoms with van der Waals surface area (Å²) in [5, 5.41) is 3.52. The first-order valence-electron chi connectivity index (χ1n) is 5.71. The molecule has 0 unspecified atom stereocenters. The van der Waals surface area contributed by atoms with Crippen molar-refractivity contribution in [1.82, 2.24) is 5.32 Å². The molecule has 3 atom stereocenters. The van der Waals surface area contributed by atoms with Crippen LogP contribution in [0.15, 0.2) is 30.3 Å². The van der Waals surface area contributed by atoms with Gasteiger partial charge in [0.1, 0.15) is 0 Å². The molecule has 1 saturated carbocycles. The van der Waals surface area contributed by atoms with Gasteiger partial charge in [-0.25, -0.2) is 0 Å². The first kappa shape index (κ1) is 11.0. The van der Waals surface area contributed by atoms with E-state index in [0.29, 0.717) is 0 Å². The predicted octanol–water partition coefficient (Wildman–Crippen LogP) is 2.82. The SMILES string of the molecule is Cl.c1ccc([C@H]2C[C@H]3CCNC[C@@H]32)cc1. The summed E-state index contributed by atoms with van der Waals surface area (Å²) in [6.45, 7) is 2.48. The normalized spacial score (nSPS) is 33.5. The van der Waals surface area contributed by atoms with Gasteiger partial charge in [0, 0.05) is 0 Å². The van der Waals surface area contributed by atoms with Crippen molar-refractivity contribution >= 4 is 12.4 Å². The van der Waals surface area contributed by atoms with Crippen LogP contribution in [0.5, 0.6) is 0 Å². The summed E-state index contributed by atoms with van der Waals surface area (Å²) < 4.78 is 0. The molecule has 1 aliphatic heterocycles. The molecule has 0 aromatic heterocycles.